The van der Waals surface area contributed by atoms with Gasteiger partial charge in [-0.25, -0.2) is 0 Å². The van der Waals surface area contributed by atoms with Crippen molar-refractivity contribution < 1.29 is 5.11 Å². The molecule has 1 aromatic rings. The second-order valence-corrected chi connectivity index (χ2v) is 6.45. The highest BCUT2D eigenvalue weighted by Gasteiger charge is 2.32. The van der Waals surface area contributed by atoms with Gasteiger partial charge in [0.05, 0.1) is 21.5 Å². The van der Waals surface area contributed by atoms with Gasteiger partial charge >= 0.3 is 0 Å². The fraction of sp³-hybridized carbons (Fsp3) is 0.786. The lowest BCUT2D eigenvalue weighted by molar-refractivity contribution is 0.0240. The van der Waals surface area contributed by atoms with Gasteiger partial charge < -0.3 is 10.0 Å². The van der Waals surface area contributed by atoms with Crippen LogP contribution in [0, 0.1) is 6.92 Å². The van der Waals surface area contributed by atoms with Gasteiger partial charge in [0.25, 0.3) is 0 Å². The number of halogens is 1. The number of likely N-dealkylation sites (tertiary alicyclic amines) is 1. The predicted octanol–water partition coefficient (Wildman–Crippen LogP) is 2.27. The number of aryl methyl sites for hydroxylation is 2. The number of aliphatic hydroxyl groups is 1. The first-order chi connectivity index (χ1) is 8.95. The highest BCUT2D eigenvalue weighted by atomic mass is 79.9. The molecule has 5 heteroatoms. The Hall–Kier alpha value is -0.390. The number of hydrogen-bond donors (Lipinski definition) is 1. The van der Waals surface area contributed by atoms with Crippen molar-refractivity contribution in [2.45, 2.75) is 45.1 Å². The molecular formula is C14H24BrN3O. The molecule has 1 atom stereocenters. The molecule has 0 aliphatic carbocycles. The summed E-state index contributed by atoms with van der Waals surface area (Å²) in [5.74, 6) is 0. The summed E-state index contributed by atoms with van der Waals surface area (Å²) in [5, 5.41) is 15.3. The molecule has 0 spiro atoms. The van der Waals surface area contributed by atoms with E-state index in [1.165, 1.54) is 0 Å². The Morgan fingerprint density at radius 1 is 1.37 bits per heavy atom. The summed E-state index contributed by atoms with van der Waals surface area (Å²) in [6.45, 7) is 7.34. The molecule has 2 rings (SSSR count). The molecular weight excluding hydrogens is 306 g/mol. The lowest BCUT2D eigenvalue weighted by Crippen LogP contribution is -2.34. The molecule has 0 radical (unpaired) electrons. The average Bonchev–Trinajstić information content (AvgIpc) is 2.56. The Balaban J connectivity index is 2.12. The highest BCUT2D eigenvalue weighted by Crippen LogP contribution is 2.30. The van der Waals surface area contributed by atoms with Gasteiger partial charge in [0.1, 0.15) is 0 Å². The van der Waals surface area contributed by atoms with Gasteiger partial charge in [-0.05, 0) is 55.2 Å². The minimum absolute atomic E-state index is 0.591. The zero-order valence-corrected chi connectivity index (χ0v) is 13.7. The zero-order valence-electron chi connectivity index (χ0n) is 12.1. The van der Waals surface area contributed by atoms with E-state index >= 15 is 0 Å². The molecule has 1 aliphatic rings. The smallest absolute Gasteiger partial charge is 0.0738 e. The standard InChI is InChI=1S/C14H24BrN3O/c1-4-18-8-5-6-14(19,7-9-18)10-12-13(15)11(2)16-17(12)3/h19H,4-10H2,1-3H3. The minimum atomic E-state index is -0.591. The number of rotatable bonds is 3. The summed E-state index contributed by atoms with van der Waals surface area (Å²) in [6, 6.07) is 0. The third kappa shape index (κ3) is 3.38. The van der Waals surface area contributed by atoms with Crippen LogP contribution < -0.4 is 0 Å². The Bertz CT molecular complexity index is 446. The minimum Gasteiger partial charge on any atom is -0.389 e. The van der Waals surface area contributed by atoms with Crippen LogP contribution in [0.1, 0.15) is 37.6 Å². The summed E-state index contributed by atoms with van der Waals surface area (Å²) in [6.07, 6.45) is 3.47. The molecule has 19 heavy (non-hydrogen) atoms. The van der Waals surface area contributed by atoms with Crippen molar-refractivity contribution in [3.63, 3.8) is 0 Å². The van der Waals surface area contributed by atoms with E-state index in [-0.39, 0.29) is 0 Å². The molecule has 0 bridgehead atoms. The fourth-order valence-electron chi connectivity index (χ4n) is 2.91. The molecule has 1 saturated heterocycles. The second kappa shape index (κ2) is 5.94. The maximum Gasteiger partial charge on any atom is 0.0738 e. The van der Waals surface area contributed by atoms with Gasteiger partial charge in [0, 0.05) is 20.0 Å². The van der Waals surface area contributed by atoms with Gasteiger partial charge in [-0.2, -0.15) is 5.10 Å². The van der Waals surface area contributed by atoms with Crippen LogP contribution in [-0.4, -0.2) is 45.0 Å². The number of hydrogen-bond acceptors (Lipinski definition) is 3. The molecule has 0 aromatic carbocycles. The van der Waals surface area contributed by atoms with Crippen LogP contribution in [0.3, 0.4) is 0 Å². The first-order valence-electron chi connectivity index (χ1n) is 7.08. The van der Waals surface area contributed by atoms with Crippen molar-refractivity contribution >= 4 is 15.9 Å². The van der Waals surface area contributed by atoms with E-state index < -0.39 is 5.60 Å². The maximum atomic E-state index is 10.9. The van der Waals surface area contributed by atoms with Crippen molar-refractivity contribution in [3.8, 4) is 0 Å². The molecule has 1 N–H and O–H groups in total. The number of aromatic nitrogens is 2. The van der Waals surface area contributed by atoms with Crippen LogP contribution in [-0.2, 0) is 13.5 Å². The van der Waals surface area contributed by atoms with Gasteiger partial charge in [-0.15, -0.1) is 0 Å². The first-order valence-corrected chi connectivity index (χ1v) is 7.87. The topological polar surface area (TPSA) is 41.3 Å². The van der Waals surface area contributed by atoms with Crippen LogP contribution in [0.2, 0.25) is 0 Å². The Labute approximate surface area is 123 Å². The van der Waals surface area contributed by atoms with E-state index in [1.807, 2.05) is 18.7 Å². The Morgan fingerprint density at radius 2 is 2.11 bits per heavy atom. The van der Waals surface area contributed by atoms with E-state index in [1.54, 1.807) is 0 Å². The van der Waals surface area contributed by atoms with Crippen molar-refractivity contribution in [3.05, 3.63) is 15.9 Å². The third-order valence-corrected chi connectivity index (χ3v) is 5.25. The summed E-state index contributed by atoms with van der Waals surface area (Å²) >= 11 is 3.59. The Morgan fingerprint density at radius 3 is 2.68 bits per heavy atom. The van der Waals surface area contributed by atoms with Crippen molar-refractivity contribution in [2.24, 2.45) is 7.05 Å². The van der Waals surface area contributed by atoms with Gasteiger partial charge in [-0.1, -0.05) is 6.92 Å². The van der Waals surface area contributed by atoms with E-state index in [9.17, 15) is 5.11 Å². The molecule has 1 aliphatic heterocycles. The van der Waals surface area contributed by atoms with Crippen molar-refractivity contribution in [1.82, 2.24) is 14.7 Å². The first kappa shape index (κ1) is 15.0. The monoisotopic (exact) mass is 329 g/mol. The van der Waals surface area contributed by atoms with Crippen LogP contribution in [0.15, 0.2) is 4.47 Å². The molecule has 0 saturated carbocycles. The molecule has 1 aromatic heterocycles. The van der Waals surface area contributed by atoms with E-state index in [2.05, 4.69) is 32.9 Å². The summed E-state index contributed by atoms with van der Waals surface area (Å²) < 4.78 is 2.93. The molecule has 2 heterocycles. The van der Waals surface area contributed by atoms with E-state index in [0.29, 0.717) is 6.42 Å². The van der Waals surface area contributed by atoms with Gasteiger partial charge in [0.15, 0.2) is 0 Å². The summed E-state index contributed by atoms with van der Waals surface area (Å²) in [7, 11) is 1.95. The zero-order chi connectivity index (χ0) is 14.0. The van der Waals surface area contributed by atoms with Crippen LogP contribution in [0.25, 0.3) is 0 Å². The van der Waals surface area contributed by atoms with Crippen molar-refractivity contribution in [1.29, 1.82) is 0 Å². The molecule has 108 valence electrons. The molecule has 1 unspecified atom stereocenters. The normalized spacial score (nSPS) is 25.5. The lowest BCUT2D eigenvalue weighted by Gasteiger charge is -2.27. The SMILES string of the molecule is CCN1CCCC(O)(Cc2c(Br)c(C)nn2C)CC1. The average molecular weight is 330 g/mol. The quantitative estimate of drug-likeness (QED) is 0.924. The third-order valence-electron chi connectivity index (χ3n) is 4.22. The Kier molecular flexibility index (Phi) is 4.69. The number of nitrogens with zero attached hydrogens (tertiary/aromatic N) is 3. The van der Waals surface area contributed by atoms with Crippen molar-refractivity contribution in [2.75, 3.05) is 19.6 Å². The highest BCUT2D eigenvalue weighted by molar-refractivity contribution is 9.10. The lowest BCUT2D eigenvalue weighted by atomic mass is 9.89. The van der Waals surface area contributed by atoms with Gasteiger partial charge in [-0.3, -0.25) is 4.68 Å². The largest absolute Gasteiger partial charge is 0.389 e. The summed E-state index contributed by atoms with van der Waals surface area (Å²) in [4.78, 5) is 2.42. The van der Waals surface area contributed by atoms with Crippen LogP contribution in [0.5, 0.6) is 0 Å². The second-order valence-electron chi connectivity index (χ2n) is 5.66. The van der Waals surface area contributed by atoms with Crippen LogP contribution in [0.4, 0.5) is 0 Å². The molecule has 4 nitrogen and oxygen atoms in total. The predicted molar refractivity (Wildman–Crippen MR) is 80.3 cm³/mol. The maximum absolute atomic E-state index is 10.9. The molecule has 1 fully saturated rings. The van der Waals surface area contributed by atoms with E-state index in [4.69, 9.17) is 0 Å². The van der Waals surface area contributed by atoms with Crippen LogP contribution >= 0.6 is 15.9 Å². The molecule has 0 amide bonds. The summed E-state index contributed by atoms with van der Waals surface area (Å²) in [5.41, 5.74) is 1.50. The van der Waals surface area contributed by atoms with E-state index in [0.717, 1.165) is 54.8 Å². The fourth-order valence-corrected chi connectivity index (χ4v) is 3.39. The van der Waals surface area contributed by atoms with Gasteiger partial charge in [0.2, 0.25) is 0 Å².